The van der Waals surface area contributed by atoms with Crippen molar-refractivity contribution in [3.8, 4) is 5.69 Å². The monoisotopic (exact) mass is 537 g/mol. The summed E-state index contributed by atoms with van der Waals surface area (Å²) < 4.78 is 1.47. The van der Waals surface area contributed by atoms with E-state index in [1.54, 1.807) is 43.3 Å². The molecule has 0 fully saturated rings. The maximum atomic E-state index is 13.3. The molecule has 0 aliphatic carbocycles. The van der Waals surface area contributed by atoms with E-state index in [2.05, 4.69) is 15.7 Å². The van der Waals surface area contributed by atoms with E-state index in [1.165, 1.54) is 4.68 Å². The third kappa shape index (κ3) is 7.50. The second kappa shape index (κ2) is 13.1. The molecule has 0 unspecified atom stereocenters. The summed E-state index contributed by atoms with van der Waals surface area (Å²) in [5, 5.41) is 10.1. The van der Waals surface area contributed by atoms with E-state index in [9.17, 15) is 19.2 Å². The van der Waals surface area contributed by atoms with Crippen LogP contribution in [0.5, 0.6) is 0 Å². The van der Waals surface area contributed by atoms with Crippen molar-refractivity contribution in [3.63, 3.8) is 0 Å². The summed E-state index contributed by atoms with van der Waals surface area (Å²) in [5.74, 6) is -2.64. The van der Waals surface area contributed by atoms with E-state index in [1.807, 2.05) is 54.6 Å². The van der Waals surface area contributed by atoms with Gasteiger partial charge in [0.05, 0.1) is 11.4 Å². The average molecular weight is 538 g/mol. The van der Waals surface area contributed by atoms with Gasteiger partial charge < -0.3 is 16.4 Å². The van der Waals surface area contributed by atoms with Gasteiger partial charge in [0.25, 0.3) is 11.8 Å². The van der Waals surface area contributed by atoms with Gasteiger partial charge in [0.2, 0.25) is 11.7 Å². The molecular weight excluding hydrogens is 506 g/mol. The number of nitrogens with zero attached hydrogens (tertiary/aromatic N) is 2. The molecule has 0 radical (unpaired) electrons. The Morgan fingerprint density at radius 2 is 1.50 bits per heavy atom. The van der Waals surface area contributed by atoms with E-state index >= 15 is 0 Å². The fourth-order valence-electron chi connectivity index (χ4n) is 4.31. The van der Waals surface area contributed by atoms with E-state index < -0.39 is 23.6 Å². The maximum Gasteiger partial charge on any atom is 0.287 e. The van der Waals surface area contributed by atoms with Crippen LogP contribution in [0, 0.1) is 6.92 Å². The van der Waals surface area contributed by atoms with Crippen LogP contribution < -0.4 is 16.4 Å². The number of aromatic nitrogens is 2. The van der Waals surface area contributed by atoms with E-state index in [0.29, 0.717) is 30.8 Å². The zero-order chi connectivity index (χ0) is 28.5. The molecule has 0 bridgehead atoms. The molecule has 1 heterocycles. The molecule has 1 atom stereocenters. The quantitative estimate of drug-likeness (QED) is 0.239. The molecule has 4 aromatic rings. The minimum atomic E-state index is -1.13. The Morgan fingerprint density at radius 3 is 2.17 bits per heavy atom. The molecule has 4 N–H and O–H groups in total. The first-order chi connectivity index (χ1) is 19.3. The normalized spacial score (nSPS) is 11.4. The number of nitrogens with two attached hydrogens (primary N) is 1. The lowest BCUT2D eigenvalue weighted by atomic mass is 10.0. The summed E-state index contributed by atoms with van der Waals surface area (Å²) >= 11 is 0. The summed E-state index contributed by atoms with van der Waals surface area (Å²) in [4.78, 5) is 49.9. The molecule has 4 rings (SSSR count). The van der Waals surface area contributed by atoms with Gasteiger partial charge in [-0.15, -0.1) is 0 Å². The molecular formula is C31H31N5O4. The van der Waals surface area contributed by atoms with Crippen LogP contribution in [0.1, 0.15) is 39.3 Å². The highest BCUT2D eigenvalue weighted by Gasteiger charge is 2.27. The first-order valence-corrected chi connectivity index (χ1v) is 12.9. The van der Waals surface area contributed by atoms with Crippen LogP contribution in [0.3, 0.4) is 0 Å². The zero-order valence-corrected chi connectivity index (χ0v) is 22.2. The van der Waals surface area contributed by atoms with Crippen LogP contribution in [0.4, 0.5) is 0 Å². The summed E-state index contributed by atoms with van der Waals surface area (Å²) in [5.41, 5.74) is 9.34. The van der Waals surface area contributed by atoms with Crippen molar-refractivity contribution >= 4 is 23.5 Å². The fourth-order valence-corrected chi connectivity index (χ4v) is 4.31. The molecule has 0 saturated carbocycles. The number of benzene rings is 3. The number of hydrogen-bond donors (Lipinski definition) is 3. The van der Waals surface area contributed by atoms with Gasteiger partial charge in [-0.1, -0.05) is 72.8 Å². The van der Waals surface area contributed by atoms with Crippen LogP contribution in [-0.4, -0.2) is 39.3 Å². The second-order valence-electron chi connectivity index (χ2n) is 9.46. The second-order valence-corrected chi connectivity index (χ2v) is 9.46. The predicted octanol–water partition coefficient (Wildman–Crippen LogP) is 2.83. The number of rotatable bonds is 12. The van der Waals surface area contributed by atoms with Crippen molar-refractivity contribution in [1.82, 2.24) is 20.4 Å². The van der Waals surface area contributed by atoms with Crippen LogP contribution in [0.25, 0.3) is 5.69 Å². The van der Waals surface area contributed by atoms with Crippen LogP contribution in [0.15, 0.2) is 91.0 Å². The largest absolute Gasteiger partial charge is 0.363 e. The van der Waals surface area contributed by atoms with Crippen LogP contribution >= 0.6 is 0 Å². The number of carbonyl (C=O) groups is 4. The third-order valence-electron chi connectivity index (χ3n) is 6.34. The van der Waals surface area contributed by atoms with Gasteiger partial charge >= 0.3 is 0 Å². The van der Waals surface area contributed by atoms with Crippen molar-refractivity contribution in [2.24, 2.45) is 5.73 Å². The standard InChI is InChI=1S/C31H31N5O4/c1-21-17-27(31(40)34-26(29(38)30(32)39)19-23-11-6-3-7-12-23)36(35-21)25-14-8-13-24(18-25)20-33-28(37)16-15-22-9-4-2-5-10-22/h2-14,17-18,26H,15-16,19-20H2,1H3,(H2,32,39)(H,33,37)(H,34,40)/t26-/m0/s1. The van der Waals surface area contributed by atoms with Crippen LogP contribution in [-0.2, 0) is 33.8 Å². The minimum absolute atomic E-state index is 0.0622. The molecule has 3 amide bonds. The molecule has 204 valence electrons. The van der Waals surface area contributed by atoms with Crippen molar-refractivity contribution in [1.29, 1.82) is 0 Å². The number of carbonyl (C=O) groups excluding carboxylic acids is 4. The number of amides is 3. The summed E-state index contributed by atoms with van der Waals surface area (Å²) in [6, 6.07) is 26.6. The Hall–Kier alpha value is -5.05. The highest BCUT2D eigenvalue weighted by molar-refractivity contribution is 6.38. The highest BCUT2D eigenvalue weighted by Crippen LogP contribution is 2.16. The molecule has 40 heavy (non-hydrogen) atoms. The Morgan fingerprint density at radius 1 is 0.850 bits per heavy atom. The number of nitrogens with one attached hydrogen (secondary N) is 2. The zero-order valence-electron chi connectivity index (χ0n) is 22.2. The maximum absolute atomic E-state index is 13.3. The summed E-state index contributed by atoms with van der Waals surface area (Å²) in [7, 11) is 0. The van der Waals surface area contributed by atoms with Crippen molar-refractivity contribution in [2.45, 2.75) is 38.8 Å². The molecule has 1 aromatic heterocycles. The first-order valence-electron chi connectivity index (χ1n) is 12.9. The predicted molar refractivity (Wildman–Crippen MR) is 151 cm³/mol. The van der Waals surface area contributed by atoms with E-state index in [4.69, 9.17) is 5.73 Å². The van der Waals surface area contributed by atoms with Crippen molar-refractivity contribution in [3.05, 3.63) is 119 Å². The van der Waals surface area contributed by atoms with Gasteiger partial charge in [0.1, 0.15) is 11.7 Å². The first kappa shape index (κ1) is 28.0. The number of ketones is 1. The third-order valence-corrected chi connectivity index (χ3v) is 6.34. The Balaban J connectivity index is 1.46. The van der Waals surface area contributed by atoms with Gasteiger partial charge in [0, 0.05) is 19.4 Å². The van der Waals surface area contributed by atoms with Gasteiger partial charge in [-0.3, -0.25) is 19.2 Å². The molecule has 0 saturated heterocycles. The van der Waals surface area contributed by atoms with E-state index in [0.717, 1.165) is 16.7 Å². The van der Waals surface area contributed by atoms with Gasteiger partial charge in [-0.05, 0) is 48.2 Å². The number of aryl methyl sites for hydroxylation is 2. The lowest BCUT2D eigenvalue weighted by molar-refractivity contribution is -0.137. The highest BCUT2D eigenvalue weighted by atomic mass is 16.2. The molecule has 3 aromatic carbocycles. The Bertz CT molecular complexity index is 1500. The number of primary amides is 1. The SMILES string of the molecule is Cc1cc(C(=O)N[C@@H](Cc2ccccc2)C(=O)C(N)=O)n(-c2cccc(CNC(=O)CCc3ccccc3)c2)n1. The average Bonchev–Trinajstić information content (AvgIpc) is 3.37. The molecule has 9 nitrogen and oxygen atoms in total. The Kier molecular flexibility index (Phi) is 9.19. The lowest BCUT2D eigenvalue weighted by Crippen LogP contribution is -2.47. The number of Topliss-reactive ketones (excluding diaryl/α,β-unsaturated/α-hetero) is 1. The fraction of sp³-hybridized carbons (Fsp3) is 0.194. The summed E-state index contributed by atoms with van der Waals surface area (Å²) in [6.45, 7) is 2.07. The molecule has 9 heteroatoms. The Labute approximate surface area is 232 Å². The lowest BCUT2D eigenvalue weighted by Gasteiger charge is -2.17. The summed E-state index contributed by atoms with van der Waals surface area (Å²) in [6.07, 6.45) is 1.14. The van der Waals surface area contributed by atoms with Gasteiger partial charge in [0.15, 0.2) is 0 Å². The minimum Gasteiger partial charge on any atom is -0.363 e. The van der Waals surface area contributed by atoms with Crippen molar-refractivity contribution in [2.75, 3.05) is 0 Å². The van der Waals surface area contributed by atoms with Gasteiger partial charge in [-0.25, -0.2) is 4.68 Å². The number of hydrogen-bond acceptors (Lipinski definition) is 5. The molecule has 0 spiro atoms. The van der Waals surface area contributed by atoms with E-state index in [-0.39, 0.29) is 18.0 Å². The van der Waals surface area contributed by atoms with Gasteiger partial charge in [-0.2, -0.15) is 5.10 Å². The molecule has 0 aliphatic heterocycles. The topological polar surface area (TPSA) is 136 Å². The molecule has 0 aliphatic rings. The van der Waals surface area contributed by atoms with Crippen molar-refractivity contribution < 1.29 is 19.2 Å². The van der Waals surface area contributed by atoms with Crippen LogP contribution in [0.2, 0.25) is 0 Å². The smallest absolute Gasteiger partial charge is 0.287 e.